The van der Waals surface area contributed by atoms with Crippen LogP contribution in [-0.2, 0) is 9.53 Å². The van der Waals surface area contributed by atoms with E-state index in [4.69, 9.17) is 4.74 Å². The fourth-order valence-corrected chi connectivity index (χ4v) is 5.46. The van der Waals surface area contributed by atoms with Crippen molar-refractivity contribution in [3.63, 3.8) is 0 Å². The molecular formula is C19H28BrN3O3S. The van der Waals surface area contributed by atoms with Crippen molar-refractivity contribution in [1.29, 1.82) is 0 Å². The molecule has 1 saturated carbocycles. The van der Waals surface area contributed by atoms with Crippen LogP contribution in [-0.4, -0.2) is 73.6 Å². The monoisotopic (exact) mass is 457 g/mol. The summed E-state index contributed by atoms with van der Waals surface area (Å²) in [6.45, 7) is 4.13. The normalized spacial score (nSPS) is 20.2. The molecule has 1 N–H and O–H groups in total. The molecular weight excluding hydrogens is 430 g/mol. The molecule has 6 nitrogen and oxygen atoms in total. The summed E-state index contributed by atoms with van der Waals surface area (Å²) < 4.78 is 6.42. The molecule has 2 aliphatic rings. The SMILES string of the molecule is CN(CC(=O)NCC1(N2CCOCC2)CCCCC1)C(=O)c1ccc(Br)s1. The Hall–Kier alpha value is -0.960. The van der Waals surface area contributed by atoms with Gasteiger partial charge in [-0.2, -0.15) is 0 Å². The maximum Gasteiger partial charge on any atom is 0.264 e. The molecule has 1 aromatic heterocycles. The molecule has 2 fully saturated rings. The second-order valence-electron chi connectivity index (χ2n) is 7.43. The van der Waals surface area contributed by atoms with Crippen molar-refractivity contribution in [3.8, 4) is 0 Å². The lowest BCUT2D eigenvalue weighted by atomic mass is 9.79. The Morgan fingerprint density at radius 2 is 1.96 bits per heavy atom. The number of halogens is 1. The summed E-state index contributed by atoms with van der Waals surface area (Å²) in [5.74, 6) is -0.221. The Kier molecular flexibility index (Phi) is 7.30. The van der Waals surface area contributed by atoms with Gasteiger partial charge in [0.05, 0.1) is 28.4 Å². The van der Waals surface area contributed by atoms with E-state index >= 15 is 0 Å². The summed E-state index contributed by atoms with van der Waals surface area (Å²) in [6.07, 6.45) is 5.92. The molecule has 0 atom stereocenters. The van der Waals surface area contributed by atoms with Crippen molar-refractivity contribution in [2.75, 3.05) is 46.4 Å². The van der Waals surface area contributed by atoms with Gasteiger partial charge in [0.15, 0.2) is 0 Å². The highest BCUT2D eigenvalue weighted by molar-refractivity contribution is 9.11. The standard InChI is InChI=1S/C19H28BrN3O3S/c1-22(18(25)15-5-6-16(20)27-15)13-17(24)21-14-19(7-3-2-4-8-19)23-9-11-26-12-10-23/h5-6H,2-4,7-14H2,1H3,(H,21,24). The number of nitrogens with zero attached hydrogens (tertiary/aromatic N) is 2. The summed E-state index contributed by atoms with van der Waals surface area (Å²) in [5.41, 5.74) is 0.0406. The van der Waals surface area contributed by atoms with Gasteiger partial charge in [-0.3, -0.25) is 14.5 Å². The van der Waals surface area contributed by atoms with E-state index in [9.17, 15) is 9.59 Å². The number of hydrogen-bond donors (Lipinski definition) is 1. The molecule has 150 valence electrons. The number of likely N-dealkylation sites (N-methyl/N-ethyl adjacent to an activating group) is 1. The molecule has 2 amide bonds. The van der Waals surface area contributed by atoms with Crippen LogP contribution in [0.4, 0.5) is 0 Å². The Bertz CT molecular complexity index is 654. The smallest absolute Gasteiger partial charge is 0.264 e. The van der Waals surface area contributed by atoms with Crippen LogP contribution in [0, 0.1) is 0 Å². The first kappa shape index (κ1) is 20.8. The molecule has 2 heterocycles. The number of nitrogens with one attached hydrogen (secondary N) is 1. The highest BCUT2D eigenvalue weighted by atomic mass is 79.9. The highest BCUT2D eigenvalue weighted by Crippen LogP contribution is 2.33. The molecule has 27 heavy (non-hydrogen) atoms. The zero-order valence-electron chi connectivity index (χ0n) is 15.8. The van der Waals surface area contributed by atoms with Crippen LogP contribution in [0.2, 0.25) is 0 Å². The summed E-state index contributed by atoms with van der Waals surface area (Å²) in [4.78, 5) is 29.6. The van der Waals surface area contributed by atoms with Gasteiger partial charge < -0.3 is 15.0 Å². The van der Waals surface area contributed by atoms with Crippen molar-refractivity contribution in [2.45, 2.75) is 37.6 Å². The van der Waals surface area contributed by atoms with E-state index in [1.807, 2.05) is 6.07 Å². The van der Waals surface area contributed by atoms with Gasteiger partial charge in [-0.1, -0.05) is 19.3 Å². The zero-order chi connectivity index (χ0) is 19.3. The molecule has 1 aromatic rings. The van der Waals surface area contributed by atoms with Gasteiger partial charge in [-0.25, -0.2) is 0 Å². The predicted molar refractivity (Wildman–Crippen MR) is 110 cm³/mol. The largest absolute Gasteiger partial charge is 0.379 e. The Morgan fingerprint density at radius 3 is 2.59 bits per heavy atom. The first-order valence-corrected chi connectivity index (χ1v) is 11.2. The number of hydrogen-bond acceptors (Lipinski definition) is 5. The number of carbonyl (C=O) groups is 2. The van der Waals surface area contributed by atoms with Crippen molar-refractivity contribution < 1.29 is 14.3 Å². The molecule has 1 aliphatic carbocycles. The Balaban J connectivity index is 1.55. The maximum absolute atomic E-state index is 12.5. The lowest BCUT2D eigenvalue weighted by molar-refractivity contribution is -0.122. The van der Waals surface area contributed by atoms with E-state index in [2.05, 4.69) is 26.1 Å². The van der Waals surface area contributed by atoms with Crippen LogP contribution < -0.4 is 5.32 Å². The van der Waals surface area contributed by atoms with Gasteiger partial charge >= 0.3 is 0 Å². The van der Waals surface area contributed by atoms with E-state index in [0.29, 0.717) is 11.4 Å². The second-order valence-corrected chi connectivity index (χ2v) is 9.89. The summed E-state index contributed by atoms with van der Waals surface area (Å²) in [6, 6.07) is 3.63. The Morgan fingerprint density at radius 1 is 1.26 bits per heavy atom. The van der Waals surface area contributed by atoms with Gasteiger partial charge in [-0.05, 0) is 40.9 Å². The first-order valence-electron chi connectivity index (χ1n) is 9.60. The van der Waals surface area contributed by atoms with E-state index in [1.54, 1.807) is 13.1 Å². The molecule has 0 aromatic carbocycles. The number of amides is 2. The molecule has 1 saturated heterocycles. The van der Waals surface area contributed by atoms with E-state index in [1.165, 1.54) is 35.5 Å². The zero-order valence-corrected chi connectivity index (χ0v) is 18.2. The number of rotatable bonds is 6. The minimum atomic E-state index is -0.124. The van der Waals surface area contributed by atoms with Gasteiger partial charge in [0.1, 0.15) is 0 Å². The fraction of sp³-hybridized carbons (Fsp3) is 0.684. The average Bonchev–Trinajstić information content (AvgIpc) is 3.13. The number of thiophene rings is 1. The van der Waals surface area contributed by atoms with Crippen LogP contribution in [0.5, 0.6) is 0 Å². The predicted octanol–water partition coefficient (Wildman–Crippen LogP) is 2.73. The van der Waals surface area contributed by atoms with Crippen LogP contribution in [0.15, 0.2) is 15.9 Å². The van der Waals surface area contributed by atoms with Crippen LogP contribution in [0.25, 0.3) is 0 Å². The second kappa shape index (κ2) is 9.49. The van der Waals surface area contributed by atoms with Crippen LogP contribution in [0.1, 0.15) is 41.8 Å². The molecule has 8 heteroatoms. The van der Waals surface area contributed by atoms with Crippen molar-refractivity contribution in [3.05, 3.63) is 20.8 Å². The van der Waals surface area contributed by atoms with Crippen molar-refractivity contribution >= 4 is 39.1 Å². The van der Waals surface area contributed by atoms with Gasteiger partial charge in [0, 0.05) is 32.2 Å². The third-order valence-electron chi connectivity index (χ3n) is 5.59. The van der Waals surface area contributed by atoms with E-state index in [0.717, 1.165) is 42.9 Å². The molecule has 0 bridgehead atoms. The minimum absolute atomic E-state index is 0.0406. The highest BCUT2D eigenvalue weighted by Gasteiger charge is 2.38. The number of carbonyl (C=O) groups excluding carboxylic acids is 2. The third-order valence-corrected chi connectivity index (χ3v) is 7.20. The van der Waals surface area contributed by atoms with Gasteiger partial charge in [0.25, 0.3) is 5.91 Å². The van der Waals surface area contributed by atoms with Crippen LogP contribution in [0.3, 0.4) is 0 Å². The van der Waals surface area contributed by atoms with Gasteiger partial charge in [-0.15, -0.1) is 11.3 Å². The summed E-state index contributed by atoms with van der Waals surface area (Å²) in [5, 5.41) is 3.11. The maximum atomic E-state index is 12.5. The minimum Gasteiger partial charge on any atom is -0.379 e. The first-order chi connectivity index (χ1) is 13.0. The topological polar surface area (TPSA) is 61.9 Å². The average molecular weight is 458 g/mol. The number of ether oxygens (including phenoxy) is 1. The lowest BCUT2D eigenvalue weighted by Gasteiger charge is -2.48. The third kappa shape index (κ3) is 5.31. The van der Waals surface area contributed by atoms with E-state index in [-0.39, 0.29) is 23.9 Å². The van der Waals surface area contributed by atoms with Gasteiger partial charge in [0.2, 0.25) is 5.91 Å². The summed E-state index contributed by atoms with van der Waals surface area (Å²) >= 11 is 4.75. The van der Waals surface area contributed by atoms with E-state index < -0.39 is 0 Å². The van der Waals surface area contributed by atoms with Crippen molar-refractivity contribution in [1.82, 2.24) is 15.1 Å². The molecule has 0 spiro atoms. The Labute approximate surface area is 173 Å². The van der Waals surface area contributed by atoms with Crippen molar-refractivity contribution in [2.24, 2.45) is 0 Å². The quantitative estimate of drug-likeness (QED) is 0.712. The molecule has 3 rings (SSSR count). The molecule has 1 aliphatic heterocycles. The molecule has 0 radical (unpaired) electrons. The lowest BCUT2D eigenvalue weighted by Crippen LogP contribution is -2.60. The summed E-state index contributed by atoms with van der Waals surface area (Å²) in [7, 11) is 1.67. The number of morpholine rings is 1. The fourth-order valence-electron chi connectivity index (χ4n) is 4.08. The molecule has 0 unspecified atom stereocenters. The van der Waals surface area contributed by atoms with Crippen LogP contribution >= 0.6 is 27.3 Å².